The van der Waals surface area contributed by atoms with E-state index in [0.29, 0.717) is 28.6 Å². The van der Waals surface area contributed by atoms with Gasteiger partial charge in [-0.1, -0.05) is 0 Å². The highest BCUT2D eigenvalue weighted by molar-refractivity contribution is 6.28. The van der Waals surface area contributed by atoms with Gasteiger partial charge < -0.3 is 10.5 Å². The Morgan fingerprint density at radius 3 is 2.27 bits per heavy atom. The number of hydrogen-bond donors (Lipinski definition) is 1. The van der Waals surface area contributed by atoms with Crippen molar-refractivity contribution < 1.29 is 4.74 Å². The first kappa shape index (κ1) is 15.4. The van der Waals surface area contributed by atoms with E-state index in [1.807, 2.05) is 12.1 Å². The van der Waals surface area contributed by atoms with Gasteiger partial charge in [0, 0.05) is 0 Å². The molecule has 2 N–H and O–H groups in total. The summed E-state index contributed by atoms with van der Waals surface area (Å²) in [5, 5.41) is 17.9. The lowest BCUT2D eigenvalue weighted by Gasteiger charge is -2.06. The Labute approximate surface area is 132 Å². The van der Waals surface area contributed by atoms with Crippen LogP contribution in [0.1, 0.15) is 11.1 Å². The van der Waals surface area contributed by atoms with E-state index in [2.05, 4.69) is 4.99 Å². The lowest BCUT2D eigenvalue weighted by molar-refractivity contribution is 0.482. The van der Waals surface area contributed by atoms with Crippen molar-refractivity contribution in [3.63, 3.8) is 0 Å². The van der Waals surface area contributed by atoms with Crippen LogP contribution in [0.4, 0.5) is 5.69 Å². The Morgan fingerprint density at radius 1 is 1.05 bits per heavy atom. The van der Waals surface area contributed by atoms with Gasteiger partial charge in [-0.05, 0) is 42.5 Å². The summed E-state index contributed by atoms with van der Waals surface area (Å²) in [7, 11) is 0. The first-order chi connectivity index (χ1) is 10.7. The number of nitrogens with zero attached hydrogens (tertiary/aromatic N) is 3. The van der Waals surface area contributed by atoms with E-state index in [0.717, 1.165) is 0 Å². The Kier molecular flexibility index (Phi) is 4.98. The molecule has 0 heterocycles. The van der Waals surface area contributed by atoms with Gasteiger partial charge in [0.1, 0.15) is 29.5 Å². The van der Waals surface area contributed by atoms with Gasteiger partial charge in [-0.2, -0.15) is 10.5 Å². The van der Waals surface area contributed by atoms with E-state index in [1.165, 1.54) is 6.07 Å². The van der Waals surface area contributed by atoms with Gasteiger partial charge in [0.2, 0.25) is 0 Å². The standard InChI is InChI=1S/C16H11ClN4O/c17-8-16(20)21-13-2-5-14(6-3-13)22-15-4-1-11(9-18)12(7-15)10-19/h1-7H,8H2,(H2,20,21). The molecule has 2 rings (SSSR count). The minimum absolute atomic E-state index is 0.167. The van der Waals surface area contributed by atoms with Crippen LogP contribution in [0.2, 0.25) is 0 Å². The summed E-state index contributed by atoms with van der Waals surface area (Å²) in [5.74, 6) is 1.56. The Balaban J connectivity index is 2.18. The molecular weight excluding hydrogens is 300 g/mol. The van der Waals surface area contributed by atoms with E-state index in [4.69, 9.17) is 32.6 Å². The van der Waals surface area contributed by atoms with Crippen molar-refractivity contribution in [1.82, 2.24) is 0 Å². The highest BCUT2D eigenvalue weighted by Gasteiger charge is 2.04. The molecular formula is C16H11ClN4O. The third-order valence-corrected chi connectivity index (χ3v) is 2.99. The Bertz CT molecular complexity index is 785. The SMILES string of the molecule is N#Cc1ccc(Oc2ccc(N=C(N)CCl)cc2)cc1C#N. The van der Waals surface area contributed by atoms with Gasteiger partial charge in [-0.3, -0.25) is 0 Å². The number of aliphatic imine (C=N–C) groups is 1. The highest BCUT2D eigenvalue weighted by Crippen LogP contribution is 2.25. The van der Waals surface area contributed by atoms with Gasteiger partial charge in [-0.15, -0.1) is 11.6 Å². The fourth-order valence-corrected chi connectivity index (χ4v) is 1.76. The number of halogens is 1. The minimum Gasteiger partial charge on any atom is -0.457 e. The van der Waals surface area contributed by atoms with E-state index in [9.17, 15) is 0 Å². The largest absolute Gasteiger partial charge is 0.457 e. The Morgan fingerprint density at radius 2 is 1.68 bits per heavy atom. The van der Waals surface area contributed by atoms with Crippen LogP contribution in [0.25, 0.3) is 0 Å². The van der Waals surface area contributed by atoms with Crippen molar-refractivity contribution in [2.75, 3.05) is 5.88 Å². The molecule has 0 spiro atoms. The summed E-state index contributed by atoms with van der Waals surface area (Å²) in [6, 6.07) is 15.6. The molecule has 5 nitrogen and oxygen atoms in total. The van der Waals surface area contributed by atoms with Crippen molar-refractivity contribution in [3.8, 4) is 23.6 Å². The second kappa shape index (κ2) is 7.12. The molecule has 0 aliphatic rings. The average molecular weight is 311 g/mol. The van der Waals surface area contributed by atoms with Crippen LogP contribution in [-0.4, -0.2) is 11.7 Å². The first-order valence-electron chi connectivity index (χ1n) is 6.27. The molecule has 0 unspecified atom stereocenters. The molecule has 0 aromatic heterocycles. The number of amidine groups is 1. The summed E-state index contributed by atoms with van der Waals surface area (Å²) in [4.78, 5) is 4.10. The molecule has 0 atom stereocenters. The van der Waals surface area contributed by atoms with Crippen molar-refractivity contribution in [3.05, 3.63) is 53.6 Å². The lowest BCUT2D eigenvalue weighted by Crippen LogP contribution is -2.12. The predicted molar refractivity (Wildman–Crippen MR) is 84.4 cm³/mol. The molecule has 6 heteroatoms. The topological polar surface area (TPSA) is 95.2 Å². The normalized spacial score (nSPS) is 10.6. The molecule has 22 heavy (non-hydrogen) atoms. The summed E-state index contributed by atoms with van der Waals surface area (Å²) >= 11 is 5.56. The van der Waals surface area contributed by atoms with E-state index < -0.39 is 0 Å². The van der Waals surface area contributed by atoms with E-state index in [-0.39, 0.29) is 11.4 Å². The molecule has 0 saturated heterocycles. The van der Waals surface area contributed by atoms with Crippen molar-refractivity contribution in [2.45, 2.75) is 0 Å². The average Bonchev–Trinajstić information content (AvgIpc) is 2.56. The van der Waals surface area contributed by atoms with Gasteiger partial charge in [0.25, 0.3) is 0 Å². The van der Waals surface area contributed by atoms with Crippen LogP contribution in [0.5, 0.6) is 11.5 Å². The molecule has 0 amide bonds. The van der Waals surface area contributed by atoms with E-state index >= 15 is 0 Å². The molecule has 0 aliphatic heterocycles. The maximum Gasteiger partial charge on any atom is 0.128 e. The van der Waals surface area contributed by atoms with Crippen LogP contribution in [0.15, 0.2) is 47.5 Å². The summed E-state index contributed by atoms with van der Waals surface area (Å²) in [6.07, 6.45) is 0. The zero-order valence-electron chi connectivity index (χ0n) is 11.5. The van der Waals surface area contributed by atoms with Gasteiger partial charge in [0.15, 0.2) is 0 Å². The van der Waals surface area contributed by atoms with Crippen LogP contribution >= 0.6 is 11.6 Å². The molecule has 108 valence electrons. The number of ether oxygens (including phenoxy) is 1. The van der Waals surface area contributed by atoms with Crippen LogP contribution < -0.4 is 10.5 Å². The molecule has 2 aromatic rings. The van der Waals surface area contributed by atoms with Gasteiger partial charge in [0.05, 0.1) is 22.7 Å². The number of nitriles is 2. The fourth-order valence-electron chi connectivity index (χ4n) is 1.70. The van der Waals surface area contributed by atoms with Crippen molar-refractivity contribution in [1.29, 1.82) is 10.5 Å². The number of nitrogens with two attached hydrogens (primary N) is 1. The van der Waals surface area contributed by atoms with Crippen LogP contribution in [0.3, 0.4) is 0 Å². The van der Waals surface area contributed by atoms with Gasteiger partial charge >= 0.3 is 0 Å². The summed E-state index contributed by atoms with van der Waals surface area (Å²) in [5.41, 5.74) is 6.82. The molecule has 2 aromatic carbocycles. The second-order valence-electron chi connectivity index (χ2n) is 4.26. The molecule has 0 aliphatic carbocycles. The zero-order valence-corrected chi connectivity index (χ0v) is 12.2. The number of alkyl halides is 1. The minimum atomic E-state index is 0.167. The fraction of sp³-hybridized carbons (Fsp3) is 0.0625. The third kappa shape index (κ3) is 3.76. The number of rotatable bonds is 4. The number of benzene rings is 2. The van der Waals surface area contributed by atoms with Gasteiger partial charge in [-0.25, -0.2) is 4.99 Å². The highest BCUT2D eigenvalue weighted by atomic mass is 35.5. The zero-order chi connectivity index (χ0) is 15.9. The maximum atomic E-state index is 8.99. The molecule has 0 saturated carbocycles. The van der Waals surface area contributed by atoms with Crippen LogP contribution in [-0.2, 0) is 0 Å². The molecule has 0 fully saturated rings. The maximum absolute atomic E-state index is 8.99. The lowest BCUT2D eigenvalue weighted by atomic mass is 10.1. The van der Waals surface area contributed by atoms with Crippen LogP contribution in [0, 0.1) is 22.7 Å². The first-order valence-corrected chi connectivity index (χ1v) is 6.81. The second-order valence-corrected chi connectivity index (χ2v) is 4.53. The number of hydrogen-bond acceptors (Lipinski definition) is 4. The summed E-state index contributed by atoms with van der Waals surface area (Å²) < 4.78 is 5.64. The quantitative estimate of drug-likeness (QED) is 0.531. The van der Waals surface area contributed by atoms with E-state index in [1.54, 1.807) is 36.4 Å². The monoisotopic (exact) mass is 310 g/mol. The molecule has 0 radical (unpaired) electrons. The smallest absolute Gasteiger partial charge is 0.128 e. The summed E-state index contributed by atoms with van der Waals surface area (Å²) in [6.45, 7) is 0. The molecule has 0 bridgehead atoms. The van der Waals surface area contributed by atoms with Crippen molar-refractivity contribution >= 4 is 23.1 Å². The Hall–Kier alpha value is -3.02. The predicted octanol–water partition coefficient (Wildman–Crippen LogP) is 3.45. The third-order valence-electron chi connectivity index (χ3n) is 2.71. The van der Waals surface area contributed by atoms with Crippen molar-refractivity contribution in [2.24, 2.45) is 10.7 Å².